The molecule has 29 heavy (non-hydrogen) atoms. The van der Waals surface area contributed by atoms with Gasteiger partial charge in [0.25, 0.3) is 5.91 Å². The van der Waals surface area contributed by atoms with Crippen molar-refractivity contribution in [1.29, 1.82) is 0 Å². The maximum atomic E-state index is 12.1. The van der Waals surface area contributed by atoms with Crippen molar-refractivity contribution in [3.8, 4) is 0 Å². The van der Waals surface area contributed by atoms with Crippen molar-refractivity contribution >= 4 is 23.5 Å². The van der Waals surface area contributed by atoms with Crippen molar-refractivity contribution in [3.05, 3.63) is 41.7 Å². The van der Waals surface area contributed by atoms with E-state index >= 15 is 0 Å². The highest BCUT2D eigenvalue weighted by Gasteiger charge is 2.43. The van der Waals surface area contributed by atoms with Crippen LogP contribution in [-0.2, 0) is 14.3 Å². The Morgan fingerprint density at radius 3 is 2.55 bits per heavy atom. The minimum atomic E-state index is -1.74. The summed E-state index contributed by atoms with van der Waals surface area (Å²) >= 11 is 0. The number of carboxylic acids is 1. The number of aliphatic carboxylic acids is 1. The maximum absolute atomic E-state index is 12.1. The molecule has 0 fully saturated rings. The molecule has 0 aromatic heterocycles. The summed E-state index contributed by atoms with van der Waals surface area (Å²) in [7, 11) is 0. The van der Waals surface area contributed by atoms with Gasteiger partial charge in [0.05, 0.1) is 6.04 Å². The summed E-state index contributed by atoms with van der Waals surface area (Å²) in [5.41, 5.74) is 6.21. The Morgan fingerprint density at radius 2 is 1.97 bits per heavy atom. The summed E-state index contributed by atoms with van der Waals surface area (Å²) in [6, 6.07) is 4.88. The molecule has 5 atom stereocenters. The van der Waals surface area contributed by atoms with Crippen LogP contribution in [-0.4, -0.2) is 75.2 Å². The van der Waals surface area contributed by atoms with E-state index in [-0.39, 0.29) is 5.56 Å². The van der Waals surface area contributed by atoms with E-state index < -0.39 is 60.5 Å². The van der Waals surface area contributed by atoms with Gasteiger partial charge in [-0.25, -0.2) is 4.79 Å². The van der Waals surface area contributed by atoms with Gasteiger partial charge < -0.3 is 41.5 Å². The second-order valence-electron chi connectivity index (χ2n) is 6.53. The molecule has 11 nitrogen and oxygen atoms in total. The predicted molar refractivity (Wildman–Crippen MR) is 99.4 cm³/mol. The zero-order valence-corrected chi connectivity index (χ0v) is 15.5. The van der Waals surface area contributed by atoms with Crippen LogP contribution in [0.3, 0.4) is 0 Å². The number of carboxylic acid groups (broad SMARTS) is 1. The number of anilines is 1. The number of hydrogen-bond acceptors (Lipinski definition) is 8. The molecule has 0 saturated carbocycles. The fourth-order valence-corrected chi connectivity index (χ4v) is 2.84. The lowest BCUT2D eigenvalue weighted by Crippen LogP contribution is -2.60. The molecule has 0 radical (unpaired) electrons. The SMILES string of the molecule is CC(=O)N[C@H]1[C@H]([C@H](O)[C@H](O)CNC(=O)c2cccc(N)c2)OC(C(=O)O)=C[C@@H]1O. The molecule has 1 heterocycles. The number of amides is 2. The number of aliphatic hydroxyl groups is 3. The smallest absolute Gasteiger partial charge is 0.370 e. The fourth-order valence-electron chi connectivity index (χ4n) is 2.84. The molecule has 0 spiro atoms. The second-order valence-corrected chi connectivity index (χ2v) is 6.53. The van der Waals surface area contributed by atoms with Crippen LogP contribution in [0.1, 0.15) is 17.3 Å². The Morgan fingerprint density at radius 1 is 1.28 bits per heavy atom. The summed E-state index contributed by atoms with van der Waals surface area (Å²) in [5, 5.41) is 44.7. The monoisotopic (exact) mass is 409 g/mol. The summed E-state index contributed by atoms with van der Waals surface area (Å²) in [5.74, 6) is -3.25. The number of carbonyl (C=O) groups is 3. The van der Waals surface area contributed by atoms with Gasteiger partial charge in [-0.05, 0) is 24.3 Å². The van der Waals surface area contributed by atoms with Crippen LogP contribution in [0.15, 0.2) is 36.1 Å². The van der Waals surface area contributed by atoms with Crippen molar-refractivity contribution in [3.63, 3.8) is 0 Å². The molecule has 0 aliphatic carbocycles. The van der Waals surface area contributed by atoms with Crippen LogP contribution in [0.4, 0.5) is 5.69 Å². The number of aliphatic hydroxyl groups excluding tert-OH is 3. The Labute approximate surface area is 165 Å². The van der Waals surface area contributed by atoms with E-state index in [9.17, 15) is 29.7 Å². The number of nitrogens with one attached hydrogen (secondary N) is 2. The first-order valence-corrected chi connectivity index (χ1v) is 8.67. The Kier molecular flexibility index (Phi) is 7.15. The summed E-state index contributed by atoms with van der Waals surface area (Å²) in [4.78, 5) is 34.7. The largest absolute Gasteiger partial charge is 0.478 e. The molecule has 1 aliphatic rings. The number of ether oxygens (including phenoxy) is 1. The maximum Gasteiger partial charge on any atom is 0.370 e. The van der Waals surface area contributed by atoms with Crippen molar-refractivity contribution in [1.82, 2.24) is 10.6 Å². The lowest BCUT2D eigenvalue weighted by molar-refractivity contribution is -0.147. The minimum absolute atomic E-state index is 0.239. The number of benzene rings is 1. The number of carbonyl (C=O) groups excluding carboxylic acids is 2. The number of rotatable bonds is 7. The fraction of sp³-hybridized carbons (Fsp3) is 0.389. The lowest BCUT2D eigenvalue weighted by Gasteiger charge is -2.38. The first kappa shape index (κ1) is 22.1. The molecule has 2 rings (SSSR count). The van der Waals surface area contributed by atoms with Crippen LogP contribution in [0, 0.1) is 0 Å². The number of nitrogens with two attached hydrogens (primary N) is 1. The molecule has 1 aromatic rings. The van der Waals surface area contributed by atoms with Crippen LogP contribution >= 0.6 is 0 Å². The highest BCUT2D eigenvalue weighted by molar-refractivity contribution is 5.95. The molecule has 8 N–H and O–H groups in total. The first-order chi connectivity index (χ1) is 13.6. The Hall–Kier alpha value is -3.15. The zero-order chi connectivity index (χ0) is 21.7. The topological polar surface area (TPSA) is 191 Å². The van der Waals surface area contributed by atoms with E-state index in [2.05, 4.69) is 10.6 Å². The van der Waals surface area contributed by atoms with Gasteiger partial charge in [0.1, 0.15) is 18.3 Å². The Bertz CT molecular complexity index is 812. The average Bonchev–Trinajstić information content (AvgIpc) is 2.66. The highest BCUT2D eigenvalue weighted by Crippen LogP contribution is 2.23. The van der Waals surface area contributed by atoms with Crippen LogP contribution in [0.2, 0.25) is 0 Å². The van der Waals surface area contributed by atoms with Gasteiger partial charge in [-0.15, -0.1) is 0 Å². The molecule has 0 unspecified atom stereocenters. The molecule has 0 saturated heterocycles. The quantitative estimate of drug-likeness (QED) is 0.248. The van der Waals surface area contributed by atoms with E-state index in [4.69, 9.17) is 15.6 Å². The predicted octanol–water partition coefficient (Wildman–Crippen LogP) is -2.05. The summed E-state index contributed by atoms with van der Waals surface area (Å²) in [6.07, 6.45) is -5.43. The van der Waals surface area contributed by atoms with Crippen molar-refractivity contribution in [2.45, 2.75) is 37.4 Å². The molecular weight excluding hydrogens is 386 g/mol. The number of nitrogen functional groups attached to an aromatic ring is 1. The van der Waals surface area contributed by atoms with E-state index in [0.717, 1.165) is 13.0 Å². The second kappa shape index (κ2) is 9.37. The lowest BCUT2D eigenvalue weighted by atomic mass is 9.93. The summed E-state index contributed by atoms with van der Waals surface area (Å²) < 4.78 is 5.17. The van der Waals surface area contributed by atoms with E-state index in [0.29, 0.717) is 5.69 Å². The molecule has 1 aliphatic heterocycles. The van der Waals surface area contributed by atoms with Gasteiger partial charge in [0, 0.05) is 24.7 Å². The minimum Gasteiger partial charge on any atom is -0.478 e. The van der Waals surface area contributed by atoms with E-state index in [1.54, 1.807) is 12.1 Å². The van der Waals surface area contributed by atoms with Gasteiger partial charge in [-0.1, -0.05) is 6.07 Å². The van der Waals surface area contributed by atoms with Crippen LogP contribution < -0.4 is 16.4 Å². The van der Waals surface area contributed by atoms with E-state index in [1.807, 2.05) is 0 Å². The Balaban J connectivity index is 2.09. The molecule has 158 valence electrons. The van der Waals surface area contributed by atoms with Gasteiger partial charge in [0.2, 0.25) is 11.7 Å². The third-order valence-corrected chi connectivity index (χ3v) is 4.24. The van der Waals surface area contributed by atoms with Crippen molar-refractivity contribution < 1.29 is 39.5 Å². The van der Waals surface area contributed by atoms with Gasteiger partial charge >= 0.3 is 5.97 Å². The summed E-state index contributed by atoms with van der Waals surface area (Å²) in [6.45, 7) is 0.748. The van der Waals surface area contributed by atoms with Crippen LogP contribution in [0.5, 0.6) is 0 Å². The normalized spacial score (nSPS) is 23.2. The standard InChI is InChI=1S/C18H23N3O8/c1-8(22)21-14-11(23)6-13(18(27)28)29-16(14)15(25)12(24)7-20-17(26)9-3-2-4-10(19)5-9/h2-6,11-12,14-16,23-25H,7,19H2,1H3,(H,20,26)(H,21,22)(H,27,28)/t11-,12+,14+,15+,16+/m0/s1. The van der Waals surface area contributed by atoms with Gasteiger partial charge in [-0.2, -0.15) is 0 Å². The van der Waals surface area contributed by atoms with E-state index in [1.165, 1.54) is 12.1 Å². The van der Waals surface area contributed by atoms with Crippen molar-refractivity contribution in [2.75, 3.05) is 12.3 Å². The third kappa shape index (κ3) is 5.67. The molecule has 0 bridgehead atoms. The van der Waals surface area contributed by atoms with Crippen molar-refractivity contribution in [2.24, 2.45) is 0 Å². The molecule has 11 heteroatoms. The highest BCUT2D eigenvalue weighted by atomic mass is 16.5. The van der Waals surface area contributed by atoms with Gasteiger partial charge in [-0.3, -0.25) is 9.59 Å². The first-order valence-electron chi connectivity index (χ1n) is 8.67. The zero-order valence-electron chi connectivity index (χ0n) is 15.5. The molecule has 1 aromatic carbocycles. The average molecular weight is 409 g/mol. The molecule has 2 amide bonds. The van der Waals surface area contributed by atoms with Crippen LogP contribution in [0.25, 0.3) is 0 Å². The van der Waals surface area contributed by atoms with Gasteiger partial charge in [0.15, 0.2) is 6.10 Å². The third-order valence-electron chi connectivity index (χ3n) is 4.24. The number of hydrogen-bond donors (Lipinski definition) is 7. The molecular formula is C18H23N3O8.